The molecule has 0 spiro atoms. The molecule has 0 radical (unpaired) electrons. The van der Waals surface area contributed by atoms with Crippen LogP contribution in [0.15, 0.2) is 30.3 Å². The zero-order valence-electron chi connectivity index (χ0n) is 10.1. The monoisotopic (exact) mass is 284 g/mol. The molecule has 0 unspecified atom stereocenters. The van der Waals surface area contributed by atoms with Crippen molar-refractivity contribution in [1.82, 2.24) is 4.98 Å². The third-order valence-corrected chi connectivity index (χ3v) is 2.73. The maximum atomic E-state index is 13.0. The fourth-order valence-corrected chi connectivity index (χ4v) is 1.65. The van der Waals surface area contributed by atoms with Crippen molar-refractivity contribution in [2.45, 2.75) is 6.61 Å². The first-order chi connectivity index (χ1) is 9.08. The summed E-state index contributed by atoms with van der Waals surface area (Å²) in [5.74, 6) is -0.672. The van der Waals surface area contributed by atoms with Gasteiger partial charge in [-0.05, 0) is 12.1 Å². The standard InChI is InChI=1S/C13H11ClF2N2O/c1-17-13-3-2-11(14)12(18-13)7-19-10-5-8(15)4-9(16)6-10/h2-6H,7H2,1H3,(H,17,18). The van der Waals surface area contributed by atoms with E-state index in [1.165, 1.54) is 0 Å². The minimum Gasteiger partial charge on any atom is -0.487 e. The Morgan fingerprint density at radius 1 is 1.21 bits per heavy atom. The van der Waals surface area contributed by atoms with Gasteiger partial charge in [0.2, 0.25) is 0 Å². The van der Waals surface area contributed by atoms with Gasteiger partial charge in [-0.15, -0.1) is 0 Å². The maximum absolute atomic E-state index is 13.0. The average molecular weight is 285 g/mol. The van der Waals surface area contributed by atoms with Gasteiger partial charge in [0.25, 0.3) is 0 Å². The number of nitrogens with zero attached hydrogens (tertiary/aromatic N) is 1. The lowest BCUT2D eigenvalue weighted by Gasteiger charge is -2.09. The normalized spacial score (nSPS) is 10.3. The first kappa shape index (κ1) is 13.5. The number of pyridine rings is 1. The van der Waals surface area contributed by atoms with Gasteiger partial charge >= 0.3 is 0 Å². The lowest BCUT2D eigenvalue weighted by Crippen LogP contribution is -2.02. The van der Waals surface area contributed by atoms with Crippen molar-refractivity contribution in [3.05, 3.63) is 52.7 Å². The predicted molar refractivity (Wildman–Crippen MR) is 69.5 cm³/mol. The Morgan fingerprint density at radius 3 is 2.53 bits per heavy atom. The molecule has 0 aliphatic heterocycles. The summed E-state index contributed by atoms with van der Waals surface area (Å²) in [7, 11) is 1.73. The van der Waals surface area contributed by atoms with Crippen LogP contribution in [0.5, 0.6) is 5.75 Å². The van der Waals surface area contributed by atoms with Crippen LogP contribution in [0.3, 0.4) is 0 Å². The highest BCUT2D eigenvalue weighted by Crippen LogP contribution is 2.20. The van der Waals surface area contributed by atoms with Crippen LogP contribution < -0.4 is 10.1 Å². The third kappa shape index (κ3) is 3.54. The number of ether oxygens (including phenoxy) is 1. The van der Waals surface area contributed by atoms with Gasteiger partial charge < -0.3 is 10.1 Å². The lowest BCUT2D eigenvalue weighted by molar-refractivity contribution is 0.298. The first-order valence-electron chi connectivity index (χ1n) is 5.50. The van der Waals surface area contributed by atoms with Crippen molar-refractivity contribution in [3.8, 4) is 5.75 Å². The third-order valence-electron chi connectivity index (χ3n) is 2.39. The maximum Gasteiger partial charge on any atom is 0.132 e. The van der Waals surface area contributed by atoms with Crippen LogP contribution in [0, 0.1) is 11.6 Å². The molecule has 6 heteroatoms. The molecule has 1 aromatic heterocycles. The van der Waals surface area contributed by atoms with Crippen molar-refractivity contribution in [1.29, 1.82) is 0 Å². The van der Waals surface area contributed by atoms with E-state index in [9.17, 15) is 8.78 Å². The molecule has 100 valence electrons. The smallest absolute Gasteiger partial charge is 0.132 e. The minimum absolute atomic E-state index is 0.0250. The molecule has 19 heavy (non-hydrogen) atoms. The van der Waals surface area contributed by atoms with Crippen LogP contribution in [-0.4, -0.2) is 12.0 Å². The first-order valence-corrected chi connectivity index (χ1v) is 5.88. The summed E-state index contributed by atoms with van der Waals surface area (Å²) < 4.78 is 31.2. The number of hydrogen-bond acceptors (Lipinski definition) is 3. The number of hydrogen-bond donors (Lipinski definition) is 1. The van der Waals surface area contributed by atoms with E-state index in [1.807, 2.05) is 0 Å². The van der Waals surface area contributed by atoms with Gasteiger partial charge in [-0.1, -0.05) is 11.6 Å². The molecule has 0 saturated heterocycles. The van der Waals surface area contributed by atoms with Gasteiger partial charge in [0.15, 0.2) is 0 Å². The molecular weight excluding hydrogens is 274 g/mol. The molecule has 0 aliphatic carbocycles. The molecule has 0 fully saturated rings. The number of anilines is 1. The van der Waals surface area contributed by atoms with E-state index in [1.54, 1.807) is 19.2 Å². The minimum atomic E-state index is -0.696. The van der Waals surface area contributed by atoms with Gasteiger partial charge in [-0.3, -0.25) is 0 Å². The van der Waals surface area contributed by atoms with Gasteiger partial charge in [0.1, 0.15) is 29.8 Å². The summed E-state index contributed by atoms with van der Waals surface area (Å²) in [6.45, 7) is 0.0250. The van der Waals surface area contributed by atoms with Crippen molar-refractivity contribution >= 4 is 17.4 Å². The molecular formula is C13H11ClF2N2O. The topological polar surface area (TPSA) is 34.1 Å². The Labute approximate surface area is 114 Å². The van der Waals surface area contributed by atoms with Crippen LogP contribution in [0.2, 0.25) is 5.02 Å². The molecule has 2 rings (SSSR count). The molecule has 3 nitrogen and oxygen atoms in total. The number of nitrogens with one attached hydrogen (secondary N) is 1. The van der Waals surface area contributed by atoms with Crippen molar-refractivity contribution in [2.75, 3.05) is 12.4 Å². The van der Waals surface area contributed by atoms with Gasteiger partial charge in [0.05, 0.1) is 10.7 Å². The second-order valence-electron chi connectivity index (χ2n) is 3.77. The second kappa shape index (κ2) is 5.84. The van der Waals surface area contributed by atoms with Crippen LogP contribution in [0.1, 0.15) is 5.69 Å². The van der Waals surface area contributed by atoms with Gasteiger partial charge in [-0.2, -0.15) is 0 Å². The summed E-state index contributed by atoms with van der Waals surface area (Å²) in [5, 5.41) is 3.29. The Hall–Kier alpha value is -1.88. The van der Waals surface area contributed by atoms with E-state index < -0.39 is 11.6 Å². The van der Waals surface area contributed by atoms with Crippen molar-refractivity contribution in [2.24, 2.45) is 0 Å². The molecule has 0 saturated carbocycles. The van der Waals surface area contributed by atoms with Crippen LogP contribution in [0.25, 0.3) is 0 Å². The Balaban J connectivity index is 2.13. The Morgan fingerprint density at radius 2 is 1.89 bits per heavy atom. The number of benzene rings is 1. The molecule has 1 aromatic carbocycles. The molecule has 0 bridgehead atoms. The van der Waals surface area contributed by atoms with Gasteiger partial charge in [0, 0.05) is 25.2 Å². The van der Waals surface area contributed by atoms with E-state index in [0.717, 1.165) is 18.2 Å². The summed E-state index contributed by atoms with van der Waals surface area (Å²) in [4.78, 5) is 4.20. The SMILES string of the molecule is CNc1ccc(Cl)c(COc2cc(F)cc(F)c2)n1. The highest BCUT2D eigenvalue weighted by atomic mass is 35.5. The number of rotatable bonds is 4. The summed E-state index contributed by atoms with van der Waals surface area (Å²) in [5.41, 5.74) is 0.484. The van der Waals surface area contributed by atoms with Crippen LogP contribution in [0.4, 0.5) is 14.6 Å². The van der Waals surface area contributed by atoms with E-state index in [2.05, 4.69) is 10.3 Å². The molecule has 0 amide bonds. The van der Waals surface area contributed by atoms with E-state index in [0.29, 0.717) is 16.5 Å². The Kier molecular flexibility index (Phi) is 4.16. The highest BCUT2D eigenvalue weighted by Gasteiger charge is 2.06. The summed E-state index contributed by atoms with van der Waals surface area (Å²) in [6, 6.07) is 6.36. The summed E-state index contributed by atoms with van der Waals surface area (Å²) in [6.07, 6.45) is 0. The van der Waals surface area contributed by atoms with E-state index in [4.69, 9.17) is 16.3 Å². The zero-order valence-corrected chi connectivity index (χ0v) is 10.8. The number of halogens is 3. The lowest BCUT2D eigenvalue weighted by atomic mass is 10.3. The van der Waals surface area contributed by atoms with Crippen LogP contribution in [-0.2, 0) is 6.61 Å². The molecule has 2 aromatic rings. The van der Waals surface area contributed by atoms with Crippen LogP contribution >= 0.6 is 11.6 Å². The largest absolute Gasteiger partial charge is 0.487 e. The van der Waals surface area contributed by atoms with Crippen molar-refractivity contribution < 1.29 is 13.5 Å². The summed E-state index contributed by atoms with van der Waals surface area (Å²) >= 11 is 5.96. The predicted octanol–water partition coefficient (Wildman–Crippen LogP) is 3.63. The highest BCUT2D eigenvalue weighted by molar-refractivity contribution is 6.31. The van der Waals surface area contributed by atoms with E-state index in [-0.39, 0.29) is 12.4 Å². The average Bonchev–Trinajstić information content (AvgIpc) is 2.37. The van der Waals surface area contributed by atoms with Gasteiger partial charge in [-0.25, -0.2) is 13.8 Å². The second-order valence-corrected chi connectivity index (χ2v) is 4.18. The zero-order chi connectivity index (χ0) is 13.8. The quantitative estimate of drug-likeness (QED) is 0.931. The molecule has 1 heterocycles. The van der Waals surface area contributed by atoms with E-state index >= 15 is 0 Å². The fraction of sp³-hybridized carbons (Fsp3) is 0.154. The fourth-order valence-electron chi connectivity index (χ4n) is 1.49. The Bertz CT molecular complexity index is 573. The molecule has 1 N–H and O–H groups in total. The number of aromatic nitrogens is 1. The molecule has 0 atom stereocenters. The molecule has 0 aliphatic rings. The van der Waals surface area contributed by atoms with Crippen molar-refractivity contribution in [3.63, 3.8) is 0 Å².